The number of thiol groups is 2. The van der Waals surface area contributed by atoms with E-state index in [9.17, 15) is 39.0 Å². The van der Waals surface area contributed by atoms with E-state index in [0.717, 1.165) is 10.9 Å². The van der Waals surface area contributed by atoms with Crippen LogP contribution in [-0.4, -0.2) is 98.5 Å². The third-order valence-electron chi connectivity index (χ3n) is 6.16. The minimum atomic E-state index is -1.64. The highest BCUT2D eigenvalue weighted by atomic mass is 32.1. The van der Waals surface area contributed by atoms with Crippen LogP contribution in [0.2, 0.25) is 0 Å². The number of primary amides is 1. The summed E-state index contributed by atoms with van der Waals surface area (Å²) in [7, 11) is 0. The minimum absolute atomic E-state index is 0.0269. The topological polar surface area (TPSA) is 259 Å². The van der Waals surface area contributed by atoms with Crippen LogP contribution >= 0.6 is 25.3 Å². The molecule has 0 aliphatic rings. The minimum Gasteiger partial charge on any atom is -0.480 e. The Bertz CT molecular complexity index is 1300. The van der Waals surface area contributed by atoms with Crippen LogP contribution in [0.25, 0.3) is 10.9 Å². The summed E-state index contributed by atoms with van der Waals surface area (Å²) in [6.45, 7) is 1.26. The number of nitrogens with one attached hydrogen (secondary N) is 5. The van der Waals surface area contributed by atoms with Gasteiger partial charge >= 0.3 is 5.97 Å². The number of aliphatic hydroxyl groups excluding tert-OH is 1. The van der Waals surface area contributed by atoms with E-state index in [2.05, 4.69) is 51.5 Å². The second kappa shape index (κ2) is 16.0. The molecular weight excluding hydrogens is 590 g/mol. The molecular formula is C25H35N7O8S2. The first-order chi connectivity index (χ1) is 19.8. The summed E-state index contributed by atoms with van der Waals surface area (Å²) in [5.41, 5.74) is 12.1. The van der Waals surface area contributed by atoms with E-state index in [4.69, 9.17) is 11.5 Å². The SMILES string of the molecule is C[C@@H](O)[C@H](NC(=O)[C@@H](N)CS)C(=O)N[C@@H](Cc1c[nH]c2ccccc12)C(=O)N[C@@H](CS)C(=O)N[C@@H](CC(N)=O)C(=O)O. The second-order valence-electron chi connectivity index (χ2n) is 9.45. The van der Waals surface area contributed by atoms with E-state index in [-0.39, 0.29) is 17.9 Å². The normalized spacial score (nSPS) is 15.4. The zero-order valence-electron chi connectivity index (χ0n) is 22.6. The molecule has 42 heavy (non-hydrogen) atoms. The number of hydrogen-bond acceptors (Lipinski definition) is 10. The molecule has 0 spiro atoms. The summed E-state index contributed by atoms with van der Waals surface area (Å²) in [6.07, 6.45) is -0.511. The summed E-state index contributed by atoms with van der Waals surface area (Å²) >= 11 is 8.02. The van der Waals surface area contributed by atoms with Gasteiger partial charge in [-0.1, -0.05) is 18.2 Å². The molecule has 6 atom stereocenters. The van der Waals surface area contributed by atoms with Crippen molar-refractivity contribution in [2.75, 3.05) is 11.5 Å². The number of aliphatic carboxylic acids is 1. The Hall–Kier alpha value is -3.80. The monoisotopic (exact) mass is 625 g/mol. The van der Waals surface area contributed by atoms with E-state index in [1.165, 1.54) is 6.92 Å². The summed E-state index contributed by atoms with van der Waals surface area (Å²) in [5.74, 6) is -6.26. The smallest absolute Gasteiger partial charge is 0.326 e. The van der Waals surface area contributed by atoms with Crippen molar-refractivity contribution in [1.29, 1.82) is 0 Å². The number of rotatable bonds is 16. The second-order valence-corrected chi connectivity index (χ2v) is 10.2. The van der Waals surface area contributed by atoms with Gasteiger partial charge in [0.05, 0.1) is 18.6 Å². The number of aromatic nitrogens is 1. The fourth-order valence-corrected chi connectivity index (χ4v) is 4.30. The van der Waals surface area contributed by atoms with Crippen LogP contribution in [0.3, 0.4) is 0 Å². The summed E-state index contributed by atoms with van der Waals surface area (Å²) in [6, 6.07) is 0.273. The molecule has 1 aromatic heterocycles. The molecule has 0 aliphatic heterocycles. The molecule has 2 aromatic rings. The molecule has 230 valence electrons. The van der Waals surface area contributed by atoms with Crippen LogP contribution in [0.15, 0.2) is 30.5 Å². The number of carboxylic acid groups (broad SMARTS) is 1. The van der Waals surface area contributed by atoms with E-state index in [1.807, 2.05) is 6.07 Å². The average Bonchev–Trinajstić information content (AvgIpc) is 3.35. The molecule has 0 fully saturated rings. The van der Waals surface area contributed by atoms with Crippen molar-refractivity contribution in [3.8, 4) is 0 Å². The zero-order chi connectivity index (χ0) is 31.6. The fraction of sp³-hybridized carbons (Fsp3) is 0.440. The van der Waals surface area contributed by atoms with Gasteiger partial charge in [-0.3, -0.25) is 24.0 Å². The van der Waals surface area contributed by atoms with Crippen molar-refractivity contribution in [2.45, 2.75) is 56.1 Å². The third kappa shape index (κ3) is 9.64. The lowest BCUT2D eigenvalue weighted by Crippen LogP contribution is -2.61. The van der Waals surface area contributed by atoms with Crippen molar-refractivity contribution < 1.29 is 39.0 Å². The first-order valence-corrected chi connectivity index (χ1v) is 14.0. The van der Waals surface area contributed by atoms with Crippen LogP contribution in [0.4, 0.5) is 0 Å². The van der Waals surface area contributed by atoms with Gasteiger partial charge in [-0.2, -0.15) is 25.3 Å². The molecule has 11 N–H and O–H groups in total. The maximum atomic E-state index is 13.5. The molecule has 0 aliphatic carbocycles. The van der Waals surface area contributed by atoms with Crippen molar-refractivity contribution in [1.82, 2.24) is 26.3 Å². The molecule has 5 amide bonds. The molecule has 1 aromatic carbocycles. The van der Waals surface area contributed by atoms with Crippen molar-refractivity contribution in [3.63, 3.8) is 0 Å². The predicted octanol–water partition coefficient (Wildman–Crippen LogP) is -2.82. The van der Waals surface area contributed by atoms with Gasteiger partial charge in [0, 0.05) is 35.0 Å². The Kier molecular flexibility index (Phi) is 13.1. The first kappa shape index (κ1) is 34.4. The van der Waals surface area contributed by atoms with Gasteiger partial charge in [0.25, 0.3) is 0 Å². The third-order valence-corrected chi connectivity index (χ3v) is 6.92. The predicted molar refractivity (Wildman–Crippen MR) is 159 cm³/mol. The lowest BCUT2D eigenvalue weighted by molar-refractivity contribution is -0.143. The van der Waals surface area contributed by atoms with Crippen LogP contribution in [0.1, 0.15) is 18.9 Å². The van der Waals surface area contributed by atoms with Crippen LogP contribution in [0, 0.1) is 0 Å². The maximum absolute atomic E-state index is 13.5. The highest BCUT2D eigenvalue weighted by Gasteiger charge is 2.33. The number of fused-ring (bicyclic) bond motifs is 1. The van der Waals surface area contributed by atoms with Gasteiger partial charge in [-0.15, -0.1) is 0 Å². The van der Waals surface area contributed by atoms with E-state index < -0.39 is 78.2 Å². The Morgan fingerprint density at radius 3 is 2.05 bits per heavy atom. The molecule has 0 radical (unpaired) electrons. The number of carbonyl (C=O) groups excluding carboxylic acids is 5. The summed E-state index contributed by atoms with van der Waals surface area (Å²) in [5, 5.41) is 29.6. The highest BCUT2D eigenvalue weighted by molar-refractivity contribution is 7.80. The first-order valence-electron chi connectivity index (χ1n) is 12.7. The summed E-state index contributed by atoms with van der Waals surface area (Å²) in [4.78, 5) is 77.4. The lowest BCUT2D eigenvalue weighted by atomic mass is 10.0. The number of carbonyl (C=O) groups is 6. The van der Waals surface area contributed by atoms with E-state index >= 15 is 0 Å². The molecule has 2 rings (SSSR count). The number of aromatic amines is 1. The van der Waals surface area contributed by atoms with Crippen molar-refractivity contribution >= 4 is 71.7 Å². The Labute approximate surface area is 251 Å². The summed E-state index contributed by atoms with van der Waals surface area (Å²) < 4.78 is 0. The quantitative estimate of drug-likeness (QED) is 0.0859. The highest BCUT2D eigenvalue weighted by Crippen LogP contribution is 2.19. The fourth-order valence-electron chi connectivity index (χ4n) is 3.88. The number of benzene rings is 1. The van der Waals surface area contributed by atoms with Crippen molar-refractivity contribution in [2.24, 2.45) is 11.5 Å². The number of H-pyrrole nitrogens is 1. The number of amides is 5. The Morgan fingerprint density at radius 2 is 1.48 bits per heavy atom. The maximum Gasteiger partial charge on any atom is 0.326 e. The van der Waals surface area contributed by atoms with Crippen molar-refractivity contribution in [3.05, 3.63) is 36.0 Å². The molecule has 0 saturated carbocycles. The molecule has 0 bridgehead atoms. The number of aliphatic hydroxyl groups is 1. The lowest BCUT2D eigenvalue weighted by Gasteiger charge is -2.27. The molecule has 0 unspecified atom stereocenters. The molecule has 0 saturated heterocycles. The van der Waals surface area contributed by atoms with Gasteiger partial charge in [0.1, 0.15) is 24.2 Å². The largest absolute Gasteiger partial charge is 0.480 e. The number of nitrogens with two attached hydrogens (primary N) is 2. The van der Waals surface area contributed by atoms with Crippen LogP contribution in [-0.2, 0) is 35.2 Å². The van der Waals surface area contributed by atoms with E-state index in [0.29, 0.717) is 5.56 Å². The average molecular weight is 626 g/mol. The number of carboxylic acids is 1. The van der Waals surface area contributed by atoms with Gasteiger partial charge in [0.15, 0.2) is 0 Å². The molecule has 15 nitrogen and oxygen atoms in total. The standard InChI is InChI=1S/C25H35N7O8S2/c1-11(33)20(32-21(35)14(26)9-41)24(38)29-16(6-12-8-28-15-5-3-2-4-13(12)15)22(36)31-18(10-42)23(37)30-17(25(39)40)7-19(27)34/h2-5,8,11,14,16-18,20,28,33,41-42H,6-7,9-10,26H2,1H3,(H2,27,34)(H,29,38)(H,30,37)(H,31,36)(H,32,35)(H,39,40)/t11-,14+,16+,17+,18+,20+/m1/s1. The molecule has 1 heterocycles. The molecule has 17 heteroatoms. The van der Waals surface area contributed by atoms with Gasteiger partial charge < -0.3 is 47.9 Å². The number of hydrogen-bond donors (Lipinski definition) is 11. The van der Waals surface area contributed by atoms with E-state index in [1.54, 1.807) is 24.4 Å². The van der Waals surface area contributed by atoms with Crippen LogP contribution in [0.5, 0.6) is 0 Å². The Morgan fingerprint density at radius 1 is 0.881 bits per heavy atom. The number of para-hydroxylation sites is 1. The van der Waals surface area contributed by atoms with Crippen LogP contribution < -0.4 is 32.7 Å². The van der Waals surface area contributed by atoms with Gasteiger partial charge in [-0.05, 0) is 18.6 Å². The Balaban J connectivity index is 2.32. The van der Waals surface area contributed by atoms with Gasteiger partial charge in [-0.25, -0.2) is 4.79 Å². The van der Waals surface area contributed by atoms with Gasteiger partial charge in [0.2, 0.25) is 29.5 Å². The zero-order valence-corrected chi connectivity index (χ0v) is 24.4.